The van der Waals surface area contributed by atoms with Gasteiger partial charge in [0.25, 0.3) is 0 Å². The molecular formula is C33H28BO-. The van der Waals surface area contributed by atoms with Crippen molar-refractivity contribution in [2.24, 2.45) is 0 Å². The van der Waals surface area contributed by atoms with Gasteiger partial charge < -0.3 is 4.74 Å². The fourth-order valence-corrected chi connectivity index (χ4v) is 4.89. The molecule has 0 aromatic heterocycles. The van der Waals surface area contributed by atoms with Crippen molar-refractivity contribution in [3.63, 3.8) is 0 Å². The second-order valence-corrected chi connectivity index (χ2v) is 8.88. The van der Waals surface area contributed by atoms with E-state index in [0.29, 0.717) is 6.61 Å². The van der Waals surface area contributed by atoms with Crippen molar-refractivity contribution in [1.82, 2.24) is 0 Å². The Balaban J connectivity index is 1.38. The summed E-state index contributed by atoms with van der Waals surface area (Å²) in [4.78, 5) is 0. The molecule has 5 aromatic carbocycles. The maximum atomic E-state index is 6.04. The maximum absolute atomic E-state index is 6.04. The van der Waals surface area contributed by atoms with Crippen LogP contribution in [-0.2, 0) is 0 Å². The molecule has 0 fully saturated rings. The van der Waals surface area contributed by atoms with Gasteiger partial charge in [-0.15, -0.1) is 5.92 Å². The Hall–Kier alpha value is -4.22. The van der Waals surface area contributed by atoms with Gasteiger partial charge in [-0.05, 0) is 29.3 Å². The molecule has 170 valence electrons. The van der Waals surface area contributed by atoms with Crippen LogP contribution in [-0.4, -0.2) is 12.8 Å². The second kappa shape index (κ2) is 10.8. The lowest BCUT2D eigenvalue weighted by Crippen LogP contribution is -2.66. The molecule has 1 nitrogen and oxygen atoms in total. The van der Waals surface area contributed by atoms with E-state index in [4.69, 9.17) is 4.74 Å². The van der Waals surface area contributed by atoms with Gasteiger partial charge >= 0.3 is 0 Å². The van der Waals surface area contributed by atoms with Crippen LogP contribution in [0.5, 0.6) is 5.75 Å². The zero-order valence-corrected chi connectivity index (χ0v) is 19.8. The first-order valence-corrected chi connectivity index (χ1v) is 12.3. The predicted molar refractivity (Wildman–Crippen MR) is 150 cm³/mol. The summed E-state index contributed by atoms with van der Waals surface area (Å²) in [7, 11) is 0. The van der Waals surface area contributed by atoms with E-state index in [1.54, 1.807) is 0 Å². The third-order valence-corrected chi connectivity index (χ3v) is 6.65. The van der Waals surface area contributed by atoms with Crippen LogP contribution in [0.1, 0.15) is 12.8 Å². The molecule has 0 saturated carbocycles. The number of unbranched alkanes of at least 4 members (excludes halogenated alkanes) is 1. The molecule has 2 heteroatoms. The van der Waals surface area contributed by atoms with Crippen molar-refractivity contribution in [1.29, 1.82) is 0 Å². The fourth-order valence-electron chi connectivity index (χ4n) is 4.89. The molecule has 0 N–H and O–H groups in total. The quantitative estimate of drug-likeness (QED) is 0.175. The Morgan fingerprint density at radius 3 is 1.63 bits per heavy atom. The number of hydrogen-bond acceptors (Lipinski definition) is 1. The number of rotatable bonds is 7. The number of benzene rings is 5. The van der Waals surface area contributed by atoms with Crippen LogP contribution in [0.4, 0.5) is 0 Å². The summed E-state index contributed by atoms with van der Waals surface area (Å²) in [5, 5.41) is 2.43. The highest BCUT2D eigenvalue weighted by Crippen LogP contribution is 2.20. The average molecular weight is 451 g/mol. The molecule has 0 amide bonds. The van der Waals surface area contributed by atoms with Gasteiger partial charge in [0, 0.05) is 6.42 Å². The summed E-state index contributed by atoms with van der Waals surface area (Å²) in [6.07, 6.45) is 0.256. The number of fused-ring (bicyclic) bond motifs is 1. The topological polar surface area (TPSA) is 9.23 Å². The Labute approximate surface area is 208 Å². The highest BCUT2D eigenvalue weighted by Gasteiger charge is 2.27. The van der Waals surface area contributed by atoms with E-state index in [1.807, 2.05) is 6.07 Å². The van der Waals surface area contributed by atoms with Crippen LogP contribution >= 0.6 is 0 Å². The standard InChI is InChI=1S/C33H28BO/c1-5-17-30(18-6-1)34(31-19-7-2-8-20-31,32-21-9-3-10-22-32)25-13-4-14-26-35-33-24-23-28-15-11-12-16-29(28)27-33/h1-3,5-12,15-24,27H,4,14,26H2/q-1. The van der Waals surface area contributed by atoms with Crippen molar-refractivity contribution >= 4 is 33.3 Å². The van der Waals surface area contributed by atoms with Crippen LogP contribution in [0.3, 0.4) is 0 Å². The molecule has 0 aliphatic rings. The summed E-state index contributed by atoms with van der Waals surface area (Å²) >= 11 is 0. The van der Waals surface area contributed by atoms with Gasteiger partial charge in [0.05, 0.1) is 6.61 Å². The largest absolute Gasteiger partial charge is 0.494 e. The molecule has 0 aliphatic heterocycles. The summed E-state index contributed by atoms with van der Waals surface area (Å²) < 4.78 is 6.04. The highest BCUT2D eigenvalue weighted by atomic mass is 16.5. The first kappa shape index (κ1) is 22.6. The van der Waals surface area contributed by atoms with Gasteiger partial charge in [-0.3, -0.25) is 5.82 Å². The summed E-state index contributed by atoms with van der Waals surface area (Å²) in [6.45, 7) is 0.648. The van der Waals surface area contributed by atoms with Crippen molar-refractivity contribution < 1.29 is 4.74 Å². The molecular weight excluding hydrogens is 423 g/mol. The Kier molecular flexibility index (Phi) is 6.97. The van der Waals surface area contributed by atoms with Gasteiger partial charge in [0.15, 0.2) is 0 Å². The van der Waals surface area contributed by atoms with Gasteiger partial charge in [-0.25, -0.2) is 0 Å². The first-order valence-electron chi connectivity index (χ1n) is 12.3. The molecule has 0 radical (unpaired) electrons. The average Bonchev–Trinajstić information content (AvgIpc) is 2.94. The summed E-state index contributed by atoms with van der Waals surface area (Å²) in [5.74, 6) is 8.21. The molecule has 5 aromatic rings. The lowest BCUT2D eigenvalue weighted by atomic mass is 9.16. The minimum Gasteiger partial charge on any atom is -0.494 e. The summed E-state index contributed by atoms with van der Waals surface area (Å²) in [6, 6.07) is 46.7. The van der Waals surface area contributed by atoms with E-state index < -0.39 is 6.15 Å². The van der Waals surface area contributed by atoms with Gasteiger partial charge in [0.1, 0.15) is 11.9 Å². The van der Waals surface area contributed by atoms with E-state index in [9.17, 15) is 0 Å². The molecule has 0 aliphatic carbocycles. The van der Waals surface area contributed by atoms with Crippen LogP contribution in [0.25, 0.3) is 10.8 Å². The van der Waals surface area contributed by atoms with Gasteiger partial charge in [-0.2, -0.15) is 16.4 Å². The Bertz CT molecular complexity index is 1340. The Morgan fingerprint density at radius 1 is 0.543 bits per heavy atom. The molecule has 35 heavy (non-hydrogen) atoms. The fraction of sp³-hybridized carbons (Fsp3) is 0.0909. The Morgan fingerprint density at radius 2 is 1.06 bits per heavy atom. The van der Waals surface area contributed by atoms with Crippen molar-refractivity contribution in [2.45, 2.75) is 12.8 Å². The first-order chi connectivity index (χ1) is 17.4. The van der Waals surface area contributed by atoms with Gasteiger partial charge in [0.2, 0.25) is 0 Å². The molecule has 0 atom stereocenters. The predicted octanol–water partition coefficient (Wildman–Crippen LogP) is 5.71. The lowest BCUT2D eigenvalue weighted by molar-refractivity contribution is 0.313. The SMILES string of the molecule is C(#C[B-](c1ccccc1)(c1ccccc1)c1ccccc1)CCCOc1ccc2ccccc2c1. The van der Waals surface area contributed by atoms with Crippen LogP contribution in [0, 0.1) is 11.7 Å². The van der Waals surface area contributed by atoms with Crippen LogP contribution in [0.2, 0.25) is 0 Å². The molecule has 0 saturated heterocycles. The van der Waals surface area contributed by atoms with E-state index in [-0.39, 0.29) is 0 Å². The normalized spacial score (nSPS) is 11.0. The van der Waals surface area contributed by atoms with Crippen molar-refractivity contribution in [2.75, 3.05) is 6.61 Å². The van der Waals surface area contributed by atoms with Crippen molar-refractivity contribution in [3.8, 4) is 17.5 Å². The van der Waals surface area contributed by atoms with E-state index in [0.717, 1.165) is 18.6 Å². The maximum Gasteiger partial charge on any atom is 0.149 e. The minimum absolute atomic E-state index is 0.648. The third kappa shape index (κ3) is 5.00. The van der Waals surface area contributed by atoms with E-state index >= 15 is 0 Å². The molecule has 0 bridgehead atoms. The molecule has 5 rings (SSSR count). The zero-order chi connectivity index (χ0) is 23.8. The van der Waals surface area contributed by atoms with Crippen LogP contribution in [0.15, 0.2) is 133 Å². The third-order valence-electron chi connectivity index (χ3n) is 6.65. The van der Waals surface area contributed by atoms with Gasteiger partial charge in [-0.1, -0.05) is 121 Å². The minimum atomic E-state index is -1.40. The van der Waals surface area contributed by atoms with E-state index in [1.165, 1.54) is 27.2 Å². The molecule has 0 spiro atoms. The molecule has 0 unspecified atom stereocenters. The van der Waals surface area contributed by atoms with Crippen LogP contribution < -0.4 is 21.1 Å². The summed E-state index contributed by atoms with van der Waals surface area (Å²) in [5.41, 5.74) is 3.72. The molecule has 0 heterocycles. The smallest absolute Gasteiger partial charge is 0.149 e. The number of ether oxygens (including phenoxy) is 1. The zero-order valence-electron chi connectivity index (χ0n) is 19.8. The number of hydrogen-bond donors (Lipinski definition) is 0. The van der Waals surface area contributed by atoms with E-state index in [2.05, 4.69) is 139 Å². The van der Waals surface area contributed by atoms with Crippen molar-refractivity contribution in [3.05, 3.63) is 133 Å². The monoisotopic (exact) mass is 451 g/mol. The lowest BCUT2D eigenvalue weighted by Gasteiger charge is -2.38. The highest BCUT2D eigenvalue weighted by molar-refractivity contribution is 7.16. The second-order valence-electron chi connectivity index (χ2n) is 8.88.